The van der Waals surface area contributed by atoms with Crippen molar-refractivity contribution in [3.63, 3.8) is 0 Å². The van der Waals surface area contributed by atoms with Gasteiger partial charge in [-0.15, -0.1) is 11.3 Å². The Morgan fingerprint density at radius 3 is 2.81 bits per heavy atom. The number of esters is 2. The third kappa shape index (κ3) is 4.39. The summed E-state index contributed by atoms with van der Waals surface area (Å²) in [5, 5.41) is 3.16. The quantitative estimate of drug-likeness (QED) is 0.758. The number of hydrogen-bond donors (Lipinski definition) is 1. The molecule has 0 aromatic carbocycles. The van der Waals surface area contributed by atoms with Gasteiger partial charge in [-0.1, -0.05) is 6.92 Å². The second-order valence-corrected chi connectivity index (χ2v) is 7.52. The fourth-order valence-electron chi connectivity index (χ4n) is 3.02. The van der Waals surface area contributed by atoms with Gasteiger partial charge in [0.1, 0.15) is 11.3 Å². The maximum absolute atomic E-state index is 12.4. The molecule has 0 saturated heterocycles. The van der Waals surface area contributed by atoms with Crippen molar-refractivity contribution in [1.82, 2.24) is 0 Å². The fraction of sp³-hybridized carbons (Fsp3) is 0.421. The molecule has 0 saturated carbocycles. The first kappa shape index (κ1) is 19.2. The zero-order chi connectivity index (χ0) is 19.4. The summed E-state index contributed by atoms with van der Waals surface area (Å²) in [6, 6.07) is 1.45. The first-order chi connectivity index (χ1) is 13.0. The molecule has 1 unspecified atom stereocenters. The monoisotopic (exact) mass is 391 g/mol. The molecule has 1 atom stereocenters. The molecule has 1 aliphatic rings. The topological polar surface area (TPSA) is 94.8 Å². The Bertz CT molecular complexity index is 839. The molecule has 1 aliphatic carbocycles. The highest BCUT2D eigenvalue weighted by Crippen LogP contribution is 2.40. The Morgan fingerprint density at radius 1 is 1.30 bits per heavy atom. The van der Waals surface area contributed by atoms with E-state index >= 15 is 0 Å². The molecule has 0 aliphatic heterocycles. The summed E-state index contributed by atoms with van der Waals surface area (Å²) in [7, 11) is 0. The van der Waals surface area contributed by atoms with Crippen molar-refractivity contribution in [3.05, 3.63) is 40.2 Å². The molecule has 27 heavy (non-hydrogen) atoms. The summed E-state index contributed by atoms with van der Waals surface area (Å²) in [5.41, 5.74) is 1.62. The Labute approximate surface area is 160 Å². The molecule has 0 bridgehead atoms. The summed E-state index contributed by atoms with van der Waals surface area (Å²) in [5.74, 6) is -1.06. The Hall–Kier alpha value is -2.61. The van der Waals surface area contributed by atoms with Gasteiger partial charge in [-0.2, -0.15) is 0 Å². The Morgan fingerprint density at radius 2 is 2.11 bits per heavy atom. The van der Waals surface area contributed by atoms with Gasteiger partial charge in [0.05, 0.1) is 24.0 Å². The van der Waals surface area contributed by atoms with Crippen molar-refractivity contribution in [2.45, 2.75) is 33.1 Å². The van der Waals surface area contributed by atoms with Crippen LogP contribution in [0.2, 0.25) is 0 Å². The smallest absolute Gasteiger partial charge is 0.341 e. The number of nitrogens with one attached hydrogen (secondary N) is 1. The van der Waals surface area contributed by atoms with Gasteiger partial charge in [0.25, 0.3) is 5.91 Å². The number of amides is 1. The van der Waals surface area contributed by atoms with Crippen LogP contribution in [0.4, 0.5) is 5.00 Å². The number of carbonyl (C=O) groups excluding carboxylic acids is 3. The van der Waals surface area contributed by atoms with Crippen LogP contribution in [0.25, 0.3) is 0 Å². The molecule has 0 spiro atoms. The van der Waals surface area contributed by atoms with E-state index in [1.807, 2.05) is 0 Å². The van der Waals surface area contributed by atoms with Gasteiger partial charge in [-0.3, -0.25) is 4.79 Å². The van der Waals surface area contributed by atoms with Crippen molar-refractivity contribution in [1.29, 1.82) is 0 Å². The van der Waals surface area contributed by atoms with Gasteiger partial charge < -0.3 is 19.2 Å². The van der Waals surface area contributed by atoms with Gasteiger partial charge in [0.15, 0.2) is 6.61 Å². The van der Waals surface area contributed by atoms with E-state index in [-0.39, 0.29) is 12.2 Å². The van der Waals surface area contributed by atoms with E-state index in [1.54, 1.807) is 6.92 Å². The van der Waals surface area contributed by atoms with E-state index in [9.17, 15) is 14.4 Å². The minimum atomic E-state index is -0.649. The summed E-state index contributed by atoms with van der Waals surface area (Å²) in [4.78, 5) is 37.5. The number of thiophene rings is 1. The van der Waals surface area contributed by atoms with Crippen LogP contribution in [0.5, 0.6) is 0 Å². The van der Waals surface area contributed by atoms with Crippen LogP contribution in [-0.4, -0.2) is 31.1 Å². The van der Waals surface area contributed by atoms with Crippen LogP contribution in [0.1, 0.15) is 51.4 Å². The predicted octanol–water partition coefficient (Wildman–Crippen LogP) is 3.44. The first-order valence-electron chi connectivity index (χ1n) is 8.80. The van der Waals surface area contributed by atoms with Crippen LogP contribution in [0, 0.1) is 5.92 Å². The van der Waals surface area contributed by atoms with Crippen molar-refractivity contribution < 1.29 is 28.3 Å². The molecule has 0 radical (unpaired) electrons. The summed E-state index contributed by atoms with van der Waals surface area (Å²) < 4.78 is 14.9. The lowest BCUT2D eigenvalue weighted by atomic mass is 9.88. The maximum Gasteiger partial charge on any atom is 0.341 e. The van der Waals surface area contributed by atoms with Crippen molar-refractivity contribution in [2.75, 3.05) is 18.5 Å². The molecular weight excluding hydrogens is 370 g/mol. The number of ether oxygens (including phenoxy) is 2. The molecule has 3 rings (SSSR count). The van der Waals surface area contributed by atoms with Crippen LogP contribution >= 0.6 is 11.3 Å². The minimum absolute atomic E-state index is 0.232. The average Bonchev–Trinajstić information content (AvgIpc) is 3.27. The predicted molar refractivity (Wildman–Crippen MR) is 99.1 cm³/mol. The summed E-state index contributed by atoms with van der Waals surface area (Å²) >= 11 is 1.39. The molecule has 2 aromatic rings. The number of furan rings is 1. The SMILES string of the molecule is CCOC(=O)c1c(NC(=O)COC(=O)c2ccoc2)sc2c1CCC(C)C2. The van der Waals surface area contributed by atoms with Gasteiger partial charge in [0, 0.05) is 4.88 Å². The number of carbonyl (C=O) groups is 3. The lowest BCUT2D eigenvalue weighted by Crippen LogP contribution is -2.22. The lowest BCUT2D eigenvalue weighted by Gasteiger charge is -2.18. The minimum Gasteiger partial charge on any atom is -0.472 e. The van der Waals surface area contributed by atoms with Gasteiger partial charge in [-0.05, 0) is 43.7 Å². The molecular formula is C19H21NO6S. The van der Waals surface area contributed by atoms with E-state index in [0.717, 1.165) is 29.7 Å². The van der Waals surface area contributed by atoms with Crippen molar-refractivity contribution in [3.8, 4) is 0 Å². The third-order valence-electron chi connectivity index (χ3n) is 4.34. The zero-order valence-electron chi connectivity index (χ0n) is 15.2. The zero-order valence-corrected chi connectivity index (χ0v) is 16.0. The van der Waals surface area contributed by atoms with E-state index in [0.29, 0.717) is 16.5 Å². The summed E-state index contributed by atoms with van der Waals surface area (Å²) in [6.07, 6.45) is 5.24. The molecule has 8 heteroatoms. The van der Waals surface area contributed by atoms with Gasteiger partial charge >= 0.3 is 11.9 Å². The van der Waals surface area contributed by atoms with E-state index in [1.165, 1.54) is 29.9 Å². The Balaban J connectivity index is 1.72. The van der Waals surface area contributed by atoms with Gasteiger partial charge in [-0.25, -0.2) is 9.59 Å². The number of hydrogen-bond acceptors (Lipinski definition) is 7. The first-order valence-corrected chi connectivity index (χ1v) is 9.62. The highest BCUT2D eigenvalue weighted by Gasteiger charge is 2.29. The van der Waals surface area contributed by atoms with E-state index in [4.69, 9.17) is 13.9 Å². The second-order valence-electron chi connectivity index (χ2n) is 6.41. The molecule has 0 fully saturated rings. The molecule has 1 N–H and O–H groups in total. The molecule has 2 heterocycles. The largest absolute Gasteiger partial charge is 0.472 e. The molecule has 7 nitrogen and oxygen atoms in total. The average molecular weight is 391 g/mol. The standard InChI is InChI=1S/C19H21NO6S/c1-3-25-19(23)16-13-5-4-11(2)8-14(13)27-17(16)20-15(21)10-26-18(22)12-6-7-24-9-12/h6-7,9,11H,3-5,8,10H2,1-2H3,(H,20,21). The van der Waals surface area contributed by atoms with E-state index in [2.05, 4.69) is 12.2 Å². The van der Waals surface area contributed by atoms with Crippen LogP contribution in [0.3, 0.4) is 0 Å². The lowest BCUT2D eigenvalue weighted by molar-refractivity contribution is -0.119. The Kier molecular flexibility index (Phi) is 5.95. The highest BCUT2D eigenvalue weighted by molar-refractivity contribution is 7.17. The summed E-state index contributed by atoms with van der Waals surface area (Å²) in [6.45, 7) is 3.72. The van der Waals surface area contributed by atoms with Gasteiger partial charge in [0.2, 0.25) is 0 Å². The van der Waals surface area contributed by atoms with Crippen LogP contribution in [0.15, 0.2) is 23.0 Å². The highest BCUT2D eigenvalue weighted by atomic mass is 32.1. The number of rotatable bonds is 6. The third-order valence-corrected chi connectivity index (χ3v) is 5.51. The molecule has 144 valence electrons. The number of anilines is 1. The van der Waals surface area contributed by atoms with Crippen molar-refractivity contribution in [2.24, 2.45) is 5.92 Å². The fourth-order valence-corrected chi connectivity index (χ4v) is 4.43. The molecule has 2 aromatic heterocycles. The normalized spacial score (nSPS) is 15.7. The van der Waals surface area contributed by atoms with Crippen molar-refractivity contribution >= 4 is 34.2 Å². The van der Waals surface area contributed by atoms with Crippen LogP contribution < -0.4 is 5.32 Å². The maximum atomic E-state index is 12.4. The second kappa shape index (κ2) is 8.39. The molecule has 1 amide bonds. The van der Waals surface area contributed by atoms with E-state index < -0.39 is 24.5 Å². The van der Waals surface area contributed by atoms with Crippen LogP contribution in [-0.2, 0) is 27.1 Å². The number of fused-ring (bicyclic) bond motifs is 1.